The summed E-state index contributed by atoms with van der Waals surface area (Å²) in [5, 5.41) is 3.44. The number of nitrogens with zero attached hydrogens (tertiary/aromatic N) is 4. The maximum atomic E-state index is 12.9. The summed E-state index contributed by atoms with van der Waals surface area (Å²) in [6, 6.07) is 6.51. The van der Waals surface area contributed by atoms with Crippen LogP contribution in [0.15, 0.2) is 58.2 Å². The summed E-state index contributed by atoms with van der Waals surface area (Å²) in [6.45, 7) is 0. The third-order valence-electron chi connectivity index (χ3n) is 4.39. The van der Waals surface area contributed by atoms with E-state index in [0.29, 0.717) is 17.0 Å². The minimum atomic E-state index is -4.85. The van der Waals surface area contributed by atoms with Crippen LogP contribution in [-0.4, -0.2) is 27.7 Å². The minimum Gasteiger partial charge on any atom is -1.00 e. The fraction of sp³-hybridized carbons (Fsp3) is 0.211. The van der Waals surface area contributed by atoms with Crippen LogP contribution in [0, 0.1) is 0 Å². The third-order valence-corrected chi connectivity index (χ3v) is 4.39. The van der Waals surface area contributed by atoms with Crippen LogP contribution in [0.1, 0.15) is 24.8 Å². The van der Waals surface area contributed by atoms with Gasteiger partial charge in [0.25, 0.3) is 0 Å². The first kappa shape index (κ1) is 23.3. The van der Waals surface area contributed by atoms with Crippen LogP contribution in [0.5, 0.6) is 5.75 Å². The number of aryl methyl sites for hydroxylation is 1. The quantitative estimate of drug-likeness (QED) is 0.531. The van der Waals surface area contributed by atoms with Crippen LogP contribution in [0.2, 0.25) is 0 Å². The number of allylic oxidation sites excluding steroid dienone is 4. The zero-order chi connectivity index (χ0) is 21.7. The predicted octanol–water partition coefficient (Wildman–Crippen LogP) is 2.03. The van der Waals surface area contributed by atoms with Gasteiger partial charge in [0.1, 0.15) is 11.4 Å². The van der Waals surface area contributed by atoms with E-state index >= 15 is 0 Å². The van der Waals surface area contributed by atoms with Gasteiger partial charge in [-0.15, -0.1) is 13.2 Å². The molecule has 0 bridgehead atoms. The second-order valence-corrected chi connectivity index (χ2v) is 6.47. The molecule has 0 amide bonds. The van der Waals surface area contributed by atoms with Gasteiger partial charge in [0, 0.05) is 19.0 Å². The van der Waals surface area contributed by atoms with Gasteiger partial charge < -0.3 is 6.16 Å². The van der Waals surface area contributed by atoms with Crippen LogP contribution in [0.3, 0.4) is 0 Å². The van der Waals surface area contributed by atoms with Gasteiger partial charge >= 0.3 is 42.1 Å². The van der Waals surface area contributed by atoms with Gasteiger partial charge in [-0.2, -0.15) is 18.3 Å². The fourth-order valence-electron chi connectivity index (χ4n) is 3.10. The van der Waals surface area contributed by atoms with E-state index in [-0.39, 0.29) is 60.2 Å². The largest absolute Gasteiger partial charge is 1.00 e. The van der Waals surface area contributed by atoms with E-state index in [1.807, 2.05) is 0 Å². The minimum absolute atomic E-state index is 0. The predicted molar refractivity (Wildman–Crippen MR) is 97.1 cm³/mol. The molecule has 158 valence electrons. The number of halogens is 6. The molecule has 0 spiro atoms. The average Bonchev–Trinajstić information content (AvgIpc) is 3.23. The number of hydrogen-bond acceptors (Lipinski definition) is 4. The topological polar surface area (TPSA) is 51.8 Å². The Morgan fingerprint density at radius 1 is 1.06 bits per heavy atom. The van der Waals surface area contributed by atoms with Crippen LogP contribution in [0.25, 0.3) is 5.57 Å². The van der Waals surface area contributed by atoms with E-state index in [2.05, 4.69) is 19.8 Å². The zero-order valence-corrected chi connectivity index (χ0v) is 18.2. The Morgan fingerprint density at radius 2 is 1.77 bits per heavy atom. The summed E-state index contributed by atoms with van der Waals surface area (Å²) < 4.78 is 81.8. The van der Waals surface area contributed by atoms with E-state index in [4.69, 9.17) is 0 Å². The summed E-state index contributed by atoms with van der Waals surface area (Å²) in [4.78, 5) is 8.52. The van der Waals surface area contributed by atoms with Crippen LogP contribution in [0.4, 0.5) is 26.3 Å². The molecule has 12 heteroatoms. The molecular weight excluding hydrogens is 437 g/mol. The van der Waals surface area contributed by atoms with Crippen LogP contribution in [-0.2, 0) is 13.2 Å². The number of aromatic nitrogens is 2. The molecule has 1 aromatic carbocycles. The number of aliphatic imine (C=N–C) groups is 2. The second kappa shape index (κ2) is 8.29. The van der Waals surface area contributed by atoms with Crippen LogP contribution >= 0.6 is 0 Å². The van der Waals surface area contributed by atoms with Crippen molar-refractivity contribution in [3.63, 3.8) is 0 Å². The number of hydrogen-bond donors (Lipinski definition) is 0. The van der Waals surface area contributed by atoms with Crippen molar-refractivity contribution in [2.75, 3.05) is 0 Å². The number of amidine groups is 1. The molecule has 0 fully saturated rings. The summed E-state index contributed by atoms with van der Waals surface area (Å²) in [7, 11) is 1.35. The average molecular weight is 450 g/mol. The van der Waals surface area contributed by atoms with Crippen molar-refractivity contribution >= 4 is 17.1 Å². The second-order valence-electron chi connectivity index (χ2n) is 6.47. The van der Waals surface area contributed by atoms with E-state index in [1.54, 1.807) is 12.1 Å². The van der Waals surface area contributed by atoms with Crippen molar-refractivity contribution < 1.29 is 62.1 Å². The molecule has 0 radical (unpaired) electrons. The molecule has 0 saturated heterocycles. The summed E-state index contributed by atoms with van der Waals surface area (Å²) >= 11 is 0. The first-order valence-electron chi connectivity index (χ1n) is 8.56. The molecule has 0 N–H and O–H groups in total. The molecule has 31 heavy (non-hydrogen) atoms. The number of para-hydroxylation sites is 1. The molecule has 2 aromatic rings. The SMILES string of the molecule is Cn1nc(C(F)(F)F)cc1C1=NC2=CC(c3ccccc3OC(F)(F)F)=CCC2=N1.[H-].[Na+]. The molecule has 0 unspecified atom stereocenters. The number of rotatable bonds is 3. The standard InChI is InChI=1S/C19H12F6N4O.Na.H/c1-29-14(9-16(28-29)18(20,21)22)17-26-12-7-6-10(8-13(12)27-17)11-4-2-3-5-15(11)30-19(23,24)25;;/h2-6,8-9H,7H2,1H3;;/q;+1;-1. The maximum absolute atomic E-state index is 12.9. The monoisotopic (exact) mass is 450 g/mol. The molecule has 0 atom stereocenters. The Morgan fingerprint density at radius 3 is 2.42 bits per heavy atom. The zero-order valence-electron chi connectivity index (χ0n) is 17.2. The van der Waals surface area contributed by atoms with Gasteiger partial charge in [0.2, 0.25) is 0 Å². The molecule has 1 aromatic heterocycles. The normalized spacial score (nSPS) is 16.0. The smallest absolute Gasteiger partial charge is 1.00 e. The maximum Gasteiger partial charge on any atom is 1.00 e. The van der Waals surface area contributed by atoms with Crippen molar-refractivity contribution in [1.82, 2.24) is 9.78 Å². The molecule has 0 saturated carbocycles. The Hall–Kier alpha value is -2.37. The fourth-order valence-corrected chi connectivity index (χ4v) is 3.10. The molecular formula is C19H13F6N4NaO. The Kier molecular flexibility index (Phi) is 6.23. The molecule has 5 nitrogen and oxygen atoms in total. The number of alkyl halides is 6. The van der Waals surface area contributed by atoms with Gasteiger partial charge in [-0.25, -0.2) is 9.98 Å². The van der Waals surface area contributed by atoms with Crippen molar-refractivity contribution in [3.8, 4) is 5.75 Å². The van der Waals surface area contributed by atoms with Crippen molar-refractivity contribution in [3.05, 3.63) is 65.1 Å². The molecule has 2 aliphatic rings. The number of ether oxygens (including phenoxy) is 1. The summed E-state index contributed by atoms with van der Waals surface area (Å²) in [5.41, 5.74) is 0.521. The van der Waals surface area contributed by atoms with E-state index in [9.17, 15) is 26.3 Å². The first-order valence-corrected chi connectivity index (χ1v) is 8.56. The third kappa shape index (κ3) is 4.94. The number of benzene rings is 1. The van der Waals surface area contributed by atoms with E-state index in [1.165, 1.54) is 31.3 Å². The molecule has 2 heterocycles. The van der Waals surface area contributed by atoms with Crippen molar-refractivity contribution in [2.45, 2.75) is 19.0 Å². The van der Waals surface area contributed by atoms with Gasteiger partial charge in [-0.3, -0.25) is 4.68 Å². The van der Waals surface area contributed by atoms with Gasteiger partial charge in [-0.05, 0) is 23.8 Å². The summed E-state index contributed by atoms with van der Waals surface area (Å²) in [6.07, 6.45) is -6.03. The van der Waals surface area contributed by atoms with E-state index < -0.39 is 18.2 Å². The molecule has 1 aliphatic carbocycles. The Bertz CT molecular complexity index is 1150. The van der Waals surface area contributed by atoms with E-state index in [0.717, 1.165) is 10.7 Å². The Balaban J connectivity index is 0.00000181. The van der Waals surface area contributed by atoms with Gasteiger partial charge in [0.05, 0.1) is 11.4 Å². The molecule has 4 rings (SSSR count). The molecule has 1 aliphatic heterocycles. The van der Waals surface area contributed by atoms with Gasteiger partial charge in [0.15, 0.2) is 11.5 Å². The van der Waals surface area contributed by atoms with Crippen molar-refractivity contribution in [2.24, 2.45) is 17.0 Å². The van der Waals surface area contributed by atoms with Crippen molar-refractivity contribution in [1.29, 1.82) is 0 Å². The Labute approximate surface area is 195 Å². The summed E-state index contributed by atoms with van der Waals surface area (Å²) in [5.74, 6) is -0.312. The van der Waals surface area contributed by atoms with Gasteiger partial charge in [-0.1, -0.05) is 24.3 Å². The number of fused-ring (bicyclic) bond motifs is 1. The first-order chi connectivity index (χ1) is 14.0. The van der Waals surface area contributed by atoms with Crippen LogP contribution < -0.4 is 34.3 Å².